The van der Waals surface area contributed by atoms with Gasteiger partial charge in [-0.1, -0.05) is 109 Å². The van der Waals surface area contributed by atoms with Gasteiger partial charge < -0.3 is 10.1 Å². The molecule has 4 rings (SSSR count). The van der Waals surface area contributed by atoms with Crippen molar-refractivity contribution in [2.75, 3.05) is 7.11 Å². The molecule has 0 saturated carbocycles. The summed E-state index contributed by atoms with van der Waals surface area (Å²) in [6.45, 7) is 4.09. The zero-order chi connectivity index (χ0) is 26.3. The molecule has 0 aromatic heterocycles. The molecule has 37 heavy (non-hydrogen) atoms. The molecule has 0 aliphatic rings. The summed E-state index contributed by atoms with van der Waals surface area (Å²) >= 11 is 0. The van der Waals surface area contributed by atoms with Gasteiger partial charge in [-0.15, -0.1) is 0 Å². The van der Waals surface area contributed by atoms with Crippen molar-refractivity contribution in [3.63, 3.8) is 0 Å². The summed E-state index contributed by atoms with van der Waals surface area (Å²) in [7, 11) is 1.35. The Morgan fingerprint density at radius 2 is 1.22 bits per heavy atom. The van der Waals surface area contributed by atoms with Gasteiger partial charge in [-0.2, -0.15) is 0 Å². The number of ether oxygens (including phenoxy) is 1. The molecular weight excluding hydrogens is 458 g/mol. The molecule has 188 valence electrons. The van der Waals surface area contributed by atoms with Crippen LogP contribution in [0.5, 0.6) is 0 Å². The predicted octanol–water partition coefficient (Wildman–Crippen LogP) is 5.93. The first kappa shape index (κ1) is 25.9. The highest BCUT2D eigenvalue weighted by Crippen LogP contribution is 2.42. The van der Waals surface area contributed by atoms with Crippen LogP contribution in [0.15, 0.2) is 109 Å². The van der Waals surface area contributed by atoms with E-state index in [0.717, 1.165) is 27.8 Å². The quantitative estimate of drug-likeness (QED) is 0.233. The fourth-order valence-corrected chi connectivity index (χ4v) is 4.96. The highest BCUT2D eigenvalue weighted by molar-refractivity contribution is 5.86. The normalized spacial score (nSPS) is 12.0. The van der Waals surface area contributed by atoms with Crippen molar-refractivity contribution in [1.82, 2.24) is 5.32 Å². The van der Waals surface area contributed by atoms with Gasteiger partial charge in [0.15, 0.2) is 0 Å². The molecule has 1 amide bonds. The molecule has 0 unspecified atom stereocenters. The minimum atomic E-state index is -0.792. The number of carbonyl (C=O) groups excluding carboxylic acids is 2. The highest BCUT2D eigenvalue weighted by Gasteiger charge is 2.39. The molecule has 4 nitrogen and oxygen atoms in total. The molecule has 0 saturated heterocycles. The lowest BCUT2D eigenvalue weighted by Crippen LogP contribution is -2.46. The van der Waals surface area contributed by atoms with E-state index in [9.17, 15) is 9.59 Å². The van der Waals surface area contributed by atoms with Crippen molar-refractivity contribution in [2.24, 2.45) is 0 Å². The molecule has 4 aromatic carbocycles. The maximum atomic E-state index is 13.8. The van der Waals surface area contributed by atoms with Crippen LogP contribution in [0.3, 0.4) is 0 Å². The fraction of sp³-hybridized carbons (Fsp3) is 0.212. The number of benzene rings is 4. The summed E-state index contributed by atoms with van der Waals surface area (Å²) in [5, 5.41) is 3.00. The standard InChI is InChI=1S/C33H33NO3/c1-24-19-20-26(21-25(24)2)22-30(32(36)37-3)34-31(35)23-33(27-13-7-4-8-14-27,28-15-9-5-10-16-28)29-17-11-6-12-18-29/h4-21,30H,22-23H2,1-3H3,(H,34,35)/t30-/m0/s1. The van der Waals surface area contributed by atoms with Gasteiger partial charge in [0, 0.05) is 12.8 Å². The Morgan fingerprint density at radius 3 is 1.65 bits per heavy atom. The summed E-state index contributed by atoms with van der Waals surface area (Å²) in [6, 6.07) is 35.5. The number of hydrogen-bond acceptors (Lipinski definition) is 3. The van der Waals surface area contributed by atoms with Gasteiger partial charge in [-0.05, 0) is 47.2 Å². The topological polar surface area (TPSA) is 55.4 Å². The lowest BCUT2D eigenvalue weighted by molar-refractivity contribution is -0.145. The molecule has 4 heteroatoms. The molecule has 0 bridgehead atoms. The van der Waals surface area contributed by atoms with Crippen LogP contribution in [0.2, 0.25) is 0 Å². The van der Waals surface area contributed by atoms with Crippen LogP contribution in [0.1, 0.15) is 39.8 Å². The minimum absolute atomic E-state index is 0.130. The van der Waals surface area contributed by atoms with E-state index in [2.05, 4.69) is 54.7 Å². The average molecular weight is 492 g/mol. The number of aryl methyl sites for hydroxylation is 2. The zero-order valence-electron chi connectivity index (χ0n) is 21.6. The number of nitrogens with one attached hydrogen (secondary N) is 1. The van der Waals surface area contributed by atoms with Gasteiger partial charge in [-0.3, -0.25) is 4.79 Å². The summed E-state index contributed by atoms with van der Waals surface area (Å²) < 4.78 is 5.07. The van der Waals surface area contributed by atoms with Gasteiger partial charge in [0.1, 0.15) is 6.04 Å². The van der Waals surface area contributed by atoms with Crippen LogP contribution in [0.25, 0.3) is 0 Å². The number of amides is 1. The molecule has 0 fully saturated rings. The van der Waals surface area contributed by atoms with E-state index in [1.165, 1.54) is 12.7 Å². The van der Waals surface area contributed by atoms with Gasteiger partial charge in [-0.25, -0.2) is 4.79 Å². The number of methoxy groups -OCH3 is 1. The van der Waals surface area contributed by atoms with Crippen molar-refractivity contribution in [2.45, 2.75) is 38.1 Å². The first-order valence-electron chi connectivity index (χ1n) is 12.5. The molecule has 1 atom stereocenters. The molecule has 0 spiro atoms. The summed E-state index contributed by atoms with van der Waals surface area (Å²) in [4.78, 5) is 26.5. The predicted molar refractivity (Wildman–Crippen MR) is 147 cm³/mol. The molecule has 0 aliphatic heterocycles. The highest BCUT2D eigenvalue weighted by atomic mass is 16.5. The van der Waals surface area contributed by atoms with Crippen LogP contribution in [-0.2, 0) is 26.2 Å². The third-order valence-corrected chi connectivity index (χ3v) is 7.06. The van der Waals surface area contributed by atoms with Gasteiger partial charge >= 0.3 is 5.97 Å². The lowest BCUT2D eigenvalue weighted by atomic mass is 9.67. The second-order valence-electron chi connectivity index (χ2n) is 9.45. The van der Waals surface area contributed by atoms with Crippen LogP contribution in [-0.4, -0.2) is 25.0 Å². The van der Waals surface area contributed by atoms with Crippen LogP contribution < -0.4 is 5.32 Å². The van der Waals surface area contributed by atoms with E-state index >= 15 is 0 Å². The van der Waals surface area contributed by atoms with E-state index in [1.54, 1.807) is 0 Å². The molecule has 4 aromatic rings. The van der Waals surface area contributed by atoms with Gasteiger partial charge in [0.05, 0.1) is 12.5 Å². The Hall–Kier alpha value is -4.18. The van der Waals surface area contributed by atoms with E-state index < -0.39 is 17.4 Å². The number of hydrogen-bond donors (Lipinski definition) is 1. The Kier molecular flexibility index (Phi) is 8.19. The third-order valence-electron chi connectivity index (χ3n) is 7.06. The van der Waals surface area contributed by atoms with Crippen LogP contribution in [0, 0.1) is 13.8 Å². The Labute approximate surface area is 219 Å². The lowest BCUT2D eigenvalue weighted by Gasteiger charge is -2.36. The van der Waals surface area contributed by atoms with Gasteiger partial charge in [0.25, 0.3) is 0 Å². The monoisotopic (exact) mass is 491 g/mol. The van der Waals surface area contributed by atoms with Crippen molar-refractivity contribution in [3.05, 3.63) is 143 Å². The smallest absolute Gasteiger partial charge is 0.328 e. The second-order valence-corrected chi connectivity index (χ2v) is 9.45. The summed E-state index contributed by atoms with van der Waals surface area (Å²) in [5.41, 5.74) is 5.57. The summed E-state index contributed by atoms with van der Waals surface area (Å²) in [5.74, 6) is -0.688. The average Bonchev–Trinajstić information content (AvgIpc) is 2.94. The molecule has 1 N–H and O–H groups in total. The molecule has 0 radical (unpaired) electrons. The Bertz CT molecular complexity index is 1240. The number of rotatable bonds is 9. The number of esters is 1. The van der Waals surface area contributed by atoms with Crippen molar-refractivity contribution < 1.29 is 14.3 Å². The Morgan fingerprint density at radius 1 is 0.730 bits per heavy atom. The van der Waals surface area contributed by atoms with E-state index in [0.29, 0.717) is 6.42 Å². The van der Waals surface area contributed by atoms with E-state index in [4.69, 9.17) is 4.74 Å². The second kappa shape index (κ2) is 11.7. The largest absolute Gasteiger partial charge is 0.467 e. The first-order chi connectivity index (χ1) is 17.9. The minimum Gasteiger partial charge on any atom is -0.467 e. The van der Waals surface area contributed by atoms with Crippen molar-refractivity contribution in [3.8, 4) is 0 Å². The maximum absolute atomic E-state index is 13.8. The Balaban J connectivity index is 1.73. The molecule has 0 heterocycles. The van der Waals surface area contributed by atoms with Crippen molar-refractivity contribution >= 4 is 11.9 Å². The van der Waals surface area contributed by atoms with E-state index in [1.807, 2.05) is 73.7 Å². The molecular formula is C33H33NO3. The van der Waals surface area contributed by atoms with Gasteiger partial charge in [0.2, 0.25) is 5.91 Å². The zero-order valence-corrected chi connectivity index (χ0v) is 21.6. The SMILES string of the molecule is COC(=O)[C@H](Cc1ccc(C)c(C)c1)NC(=O)CC(c1ccccc1)(c1ccccc1)c1ccccc1. The number of carbonyl (C=O) groups is 2. The maximum Gasteiger partial charge on any atom is 0.328 e. The van der Waals surface area contributed by atoms with E-state index in [-0.39, 0.29) is 12.3 Å². The third kappa shape index (κ3) is 5.80. The van der Waals surface area contributed by atoms with Crippen LogP contribution in [0.4, 0.5) is 0 Å². The van der Waals surface area contributed by atoms with Crippen molar-refractivity contribution in [1.29, 1.82) is 0 Å². The first-order valence-corrected chi connectivity index (χ1v) is 12.5. The fourth-order valence-electron chi connectivity index (χ4n) is 4.96. The molecule has 0 aliphatic carbocycles. The summed E-state index contributed by atoms with van der Waals surface area (Å²) in [6.07, 6.45) is 0.486. The van der Waals surface area contributed by atoms with Crippen LogP contribution >= 0.6 is 0 Å².